The summed E-state index contributed by atoms with van der Waals surface area (Å²) in [5, 5.41) is 24.8. The molecule has 0 aliphatic heterocycles. The number of benzene rings is 1. The van der Waals surface area contributed by atoms with E-state index in [-0.39, 0.29) is 42.8 Å². The first-order valence-electron chi connectivity index (χ1n) is 21.1. The second-order valence-electron chi connectivity index (χ2n) is 13.1. The number of nitrogens with one attached hydrogen (secondary N) is 1. The molecule has 19 heteroatoms. The number of ether oxygens (including phenoxy) is 11. The van der Waals surface area contributed by atoms with Crippen LogP contribution in [0.4, 0.5) is 17.1 Å². The topological polar surface area (TPSA) is 217 Å². The molecule has 0 saturated carbocycles. The molecular formula is C40H71N3O16. The highest BCUT2D eigenvalue weighted by molar-refractivity contribution is 5.69. The molecule has 1 rings (SSSR count). The lowest BCUT2D eigenvalue weighted by Crippen LogP contribution is -2.16. The van der Waals surface area contributed by atoms with Crippen LogP contribution in [0.2, 0.25) is 0 Å². The molecule has 342 valence electrons. The van der Waals surface area contributed by atoms with Crippen LogP contribution in [0.1, 0.15) is 71.1 Å². The maximum Gasteiger partial charge on any atom is 0.305 e. The fourth-order valence-corrected chi connectivity index (χ4v) is 5.14. The van der Waals surface area contributed by atoms with Crippen molar-refractivity contribution in [3.63, 3.8) is 0 Å². The maximum atomic E-state index is 11.8. The predicted molar refractivity (Wildman–Crippen MR) is 219 cm³/mol. The Morgan fingerprint density at radius 3 is 1.22 bits per heavy atom. The van der Waals surface area contributed by atoms with E-state index in [1.807, 2.05) is 0 Å². The quantitative estimate of drug-likeness (QED) is 0.0368. The Hall–Kier alpha value is -3.11. The Morgan fingerprint density at radius 1 is 0.492 bits per heavy atom. The molecule has 0 aromatic heterocycles. The zero-order chi connectivity index (χ0) is 42.7. The van der Waals surface area contributed by atoms with Crippen molar-refractivity contribution < 1.29 is 66.7 Å². The van der Waals surface area contributed by atoms with E-state index in [0.717, 1.165) is 18.9 Å². The molecule has 59 heavy (non-hydrogen) atoms. The third-order valence-electron chi connectivity index (χ3n) is 8.27. The smallest absolute Gasteiger partial charge is 0.305 e. The van der Waals surface area contributed by atoms with Gasteiger partial charge in [-0.05, 0) is 12.5 Å². The van der Waals surface area contributed by atoms with Crippen LogP contribution in [0.25, 0.3) is 0 Å². The summed E-state index contributed by atoms with van der Waals surface area (Å²) in [7, 11) is 0. The Balaban J connectivity index is 1.70. The maximum absolute atomic E-state index is 11.8. The number of nitrogens with zero attached hydrogens (tertiary/aromatic N) is 2. The van der Waals surface area contributed by atoms with E-state index >= 15 is 0 Å². The van der Waals surface area contributed by atoms with Gasteiger partial charge in [-0.2, -0.15) is 0 Å². The normalized spacial score (nSPS) is 11.3. The van der Waals surface area contributed by atoms with Crippen LogP contribution >= 0.6 is 0 Å². The number of carbonyl (C=O) groups is 1. The summed E-state index contributed by atoms with van der Waals surface area (Å²) in [4.78, 5) is 32.4. The molecule has 0 aliphatic carbocycles. The number of hydrogen-bond acceptors (Lipinski definition) is 17. The predicted octanol–water partition coefficient (Wildman–Crippen LogP) is 5.55. The van der Waals surface area contributed by atoms with Crippen LogP contribution < -0.4 is 5.32 Å². The molecule has 0 unspecified atom stereocenters. The van der Waals surface area contributed by atoms with Gasteiger partial charge in [0.15, 0.2) is 0 Å². The van der Waals surface area contributed by atoms with E-state index in [9.17, 15) is 25.0 Å². The largest absolute Gasteiger partial charge is 0.463 e. The SMILES string of the molecule is CCCCCCCCCCCC(=O)OCCOCCOCCOCCOCCOCCOCCOCCOCCOCCOCCNc1ccc([N+](=O)[O-])cc1[N+](=O)[O-]. The van der Waals surface area contributed by atoms with E-state index in [1.165, 1.54) is 57.1 Å². The molecular weight excluding hydrogens is 778 g/mol. The van der Waals surface area contributed by atoms with Crippen LogP contribution in [0.3, 0.4) is 0 Å². The van der Waals surface area contributed by atoms with Gasteiger partial charge in [0.1, 0.15) is 12.3 Å². The zero-order valence-corrected chi connectivity index (χ0v) is 35.3. The average Bonchev–Trinajstić information content (AvgIpc) is 3.23. The van der Waals surface area contributed by atoms with Crippen molar-refractivity contribution in [3.05, 3.63) is 38.4 Å². The second kappa shape index (κ2) is 41.6. The molecule has 0 heterocycles. The molecule has 1 aromatic rings. The van der Waals surface area contributed by atoms with Crippen LogP contribution in [-0.4, -0.2) is 161 Å². The van der Waals surface area contributed by atoms with Gasteiger partial charge in [-0.3, -0.25) is 25.0 Å². The number of anilines is 1. The summed E-state index contributed by atoms with van der Waals surface area (Å²) >= 11 is 0. The highest BCUT2D eigenvalue weighted by Gasteiger charge is 2.19. The minimum atomic E-state index is -0.682. The minimum absolute atomic E-state index is 0.149. The standard InChI is InChI=1S/C40H71N3O16/c1-2-3-4-5-6-7-8-9-10-11-40(44)59-35-34-58-33-32-57-31-30-56-29-28-55-27-26-54-25-24-53-23-22-52-21-20-51-19-18-50-17-16-49-15-14-41-38-13-12-37(42(45)46)36-39(38)43(47)48/h12-13,36,41H,2-11,14-35H2,1H3. The van der Waals surface area contributed by atoms with Crippen LogP contribution in [0, 0.1) is 20.2 Å². The zero-order valence-electron chi connectivity index (χ0n) is 35.3. The number of esters is 1. The van der Waals surface area contributed by atoms with Crippen LogP contribution in [0.15, 0.2) is 18.2 Å². The molecule has 0 saturated heterocycles. The first-order valence-corrected chi connectivity index (χ1v) is 21.1. The van der Waals surface area contributed by atoms with Crippen molar-refractivity contribution >= 4 is 23.0 Å². The van der Waals surface area contributed by atoms with Crippen molar-refractivity contribution in [2.75, 3.05) is 151 Å². The fraction of sp³-hybridized carbons (Fsp3) is 0.825. The lowest BCUT2D eigenvalue weighted by molar-refractivity contribution is -0.393. The van der Waals surface area contributed by atoms with Gasteiger partial charge in [-0.1, -0.05) is 58.3 Å². The summed E-state index contributed by atoms with van der Waals surface area (Å²) in [6.45, 7) is 11.3. The number of hydrogen-bond donors (Lipinski definition) is 1. The Kier molecular flexibility index (Phi) is 38.0. The molecule has 0 radical (unpaired) electrons. The average molecular weight is 850 g/mol. The van der Waals surface area contributed by atoms with E-state index < -0.39 is 9.85 Å². The molecule has 1 aromatic carbocycles. The van der Waals surface area contributed by atoms with E-state index in [1.54, 1.807) is 0 Å². The molecule has 0 atom stereocenters. The highest BCUT2D eigenvalue weighted by Crippen LogP contribution is 2.28. The Labute approximate surface area is 349 Å². The third-order valence-corrected chi connectivity index (χ3v) is 8.27. The van der Waals surface area contributed by atoms with Crippen molar-refractivity contribution in [2.45, 2.75) is 71.1 Å². The summed E-state index contributed by atoms with van der Waals surface area (Å²) < 4.78 is 59.9. The number of unbranched alkanes of at least 4 members (excludes halogenated alkanes) is 8. The summed E-state index contributed by atoms with van der Waals surface area (Å²) in [5.74, 6) is -0.149. The summed E-state index contributed by atoms with van der Waals surface area (Å²) in [6.07, 6.45) is 11.5. The van der Waals surface area contributed by atoms with Gasteiger partial charge >= 0.3 is 5.97 Å². The van der Waals surface area contributed by atoms with E-state index in [0.29, 0.717) is 132 Å². The van der Waals surface area contributed by atoms with Gasteiger partial charge in [0.05, 0.1) is 148 Å². The second-order valence-corrected chi connectivity index (χ2v) is 13.1. The van der Waals surface area contributed by atoms with Gasteiger partial charge in [0.25, 0.3) is 11.4 Å². The van der Waals surface area contributed by atoms with Crippen LogP contribution in [0.5, 0.6) is 0 Å². The van der Waals surface area contributed by atoms with E-state index in [2.05, 4.69) is 12.2 Å². The van der Waals surface area contributed by atoms with Crippen LogP contribution in [-0.2, 0) is 56.9 Å². The molecule has 0 aliphatic rings. The monoisotopic (exact) mass is 849 g/mol. The number of nitro groups is 2. The lowest BCUT2D eigenvalue weighted by atomic mass is 10.1. The van der Waals surface area contributed by atoms with Crippen molar-refractivity contribution in [2.24, 2.45) is 0 Å². The number of nitro benzene ring substituents is 2. The number of carbonyl (C=O) groups excluding carboxylic acids is 1. The van der Waals surface area contributed by atoms with Gasteiger partial charge in [0.2, 0.25) is 0 Å². The molecule has 0 bridgehead atoms. The van der Waals surface area contributed by atoms with Crippen molar-refractivity contribution in [1.29, 1.82) is 0 Å². The van der Waals surface area contributed by atoms with Gasteiger partial charge < -0.3 is 57.4 Å². The number of non-ortho nitro benzene ring substituents is 1. The number of rotatable bonds is 46. The fourth-order valence-electron chi connectivity index (χ4n) is 5.14. The summed E-state index contributed by atoms with van der Waals surface area (Å²) in [6, 6.07) is 3.43. The first-order chi connectivity index (χ1) is 29.0. The van der Waals surface area contributed by atoms with E-state index in [4.69, 9.17) is 52.1 Å². The van der Waals surface area contributed by atoms with Gasteiger partial charge in [-0.15, -0.1) is 0 Å². The molecule has 0 spiro atoms. The highest BCUT2D eigenvalue weighted by atomic mass is 16.6. The molecule has 19 nitrogen and oxygen atoms in total. The van der Waals surface area contributed by atoms with Gasteiger partial charge in [-0.25, -0.2) is 0 Å². The molecule has 1 N–H and O–H groups in total. The minimum Gasteiger partial charge on any atom is -0.463 e. The lowest BCUT2D eigenvalue weighted by Gasteiger charge is -2.09. The first kappa shape index (κ1) is 53.9. The van der Waals surface area contributed by atoms with Crippen molar-refractivity contribution in [3.8, 4) is 0 Å². The summed E-state index contributed by atoms with van der Waals surface area (Å²) in [5.41, 5.74) is -0.533. The Bertz CT molecular complexity index is 1150. The molecule has 0 fully saturated rings. The Morgan fingerprint density at radius 2 is 0.847 bits per heavy atom. The third kappa shape index (κ3) is 35.4. The van der Waals surface area contributed by atoms with Gasteiger partial charge in [0, 0.05) is 19.0 Å². The molecule has 0 amide bonds. The van der Waals surface area contributed by atoms with Crippen molar-refractivity contribution in [1.82, 2.24) is 0 Å².